The zero-order valence-corrected chi connectivity index (χ0v) is 14.5. The normalized spacial score (nSPS) is 11.6. The maximum atomic E-state index is 12.3. The number of amides is 1. The number of pyridine rings is 2. The van der Waals surface area contributed by atoms with Gasteiger partial charge in [0, 0.05) is 31.1 Å². The van der Waals surface area contributed by atoms with Crippen LogP contribution in [0.3, 0.4) is 0 Å². The molecule has 0 unspecified atom stereocenters. The van der Waals surface area contributed by atoms with E-state index in [1.54, 1.807) is 36.1 Å². The highest BCUT2D eigenvalue weighted by Gasteiger charge is 2.29. The number of fused-ring (bicyclic) bond motifs is 1. The zero-order valence-electron chi connectivity index (χ0n) is 14.5. The molecule has 0 bridgehead atoms. The summed E-state index contributed by atoms with van der Waals surface area (Å²) in [7, 11) is 0. The molecule has 0 fully saturated rings. The Morgan fingerprint density at radius 3 is 2.78 bits per heavy atom. The molecule has 0 spiro atoms. The Labute approximate surface area is 152 Å². The summed E-state index contributed by atoms with van der Waals surface area (Å²) in [5.41, 5.74) is 1.89. The number of carbonyl (C=O) groups is 1. The average molecular weight is 379 g/mol. The first-order valence-electron chi connectivity index (χ1n) is 7.96. The molecule has 0 atom stereocenters. The Balaban J connectivity index is 1.79. The molecule has 7 nitrogen and oxygen atoms in total. The standard InChI is InChI=1S/C17H16F3N5O2/c1-10-5-12(6-22-16(10)27-9-17(18,19)20)7-25-8-13-14(24-25)3-4-21-15(13)23-11(2)26/h3-6,8H,7,9H2,1-2H3,(H,21,23,26). The van der Waals surface area contributed by atoms with E-state index in [0.717, 1.165) is 5.56 Å². The first kappa shape index (κ1) is 18.6. The van der Waals surface area contributed by atoms with Crippen molar-refractivity contribution in [3.05, 3.63) is 41.9 Å². The van der Waals surface area contributed by atoms with Crippen LogP contribution < -0.4 is 10.1 Å². The number of ether oxygens (including phenoxy) is 1. The van der Waals surface area contributed by atoms with E-state index in [0.29, 0.717) is 28.8 Å². The Kier molecular flexibility index (Phi) is 4.98. The summed E-state index contributed by atoms with van der Waals surface area (Å²) < 4.78 is 43.1. The first-order valence-corrected chi connectivity index (χ1v) is 7.96. The van der Waals surface area contributed by atoms with Crippen molar-refractivity contribution in [1.82, 2.24) is 19.7 Å². The number of halogens is 3. The van der Waals surface area contributed by atoms with Crippen LogP contribution in [0.25, 0.3) is 10.9 Å². The number of carbonyl (C=O) groups excluding carboxylic acids is 1. The third kappa shape index (κ3) is 4.72. The molecule has 3 aromatic rings. The van der Waals surface area contributed by atoms with Gasteiger partial charge in [0.25, 0.3) is 0 Å². The number of anilines is 1. The molecule has 0 aliphatic carbocycles. The summed E-state index contributed by atoms with van der Waals surface area (Å²) in [6, 6.07) is 3.41. The molecule has 27 heavy (non-hydrogen) atoms. The zero-order chi connectivity index (χ0) is 19.6. The first-order chi connectivity index (χ1) is 12.7. The van der Waals surface area contributed by atoms with Crippen molar-refractivity contribution in [2.45, 2.75) is 26.6 Å². The Morgan fingerprint density at radius 2 is 2.11 bits per heavy atom. The fraction of sp³-hybridized carbons (Fsp3) is 0.294. The Morgan fingerprint density at radius 1 is 1.33 bits per heavy atom. The summed E-state index contributed by atoms with van der Waals surface area (Å²) in [5.74, 6) is 0.118. The molecule has 0 saturated heterocycles. The molecule has 0 aromatic carbocycles. The highest BCUT2D eigenvalue weighted by atomic mass is 19.4. The van der Waals surface area contributed by atoms with Crippen LogP contribution in [0.4, 0.5) is 19.0 Å². The van der Waals surface area contributed by atoms with Gasteiger partial charge in [0.05, 0.1) is 17.4 Å². The predicted octanol–water partition coefficient (Wildman–Crippen LogP) is 3.08. The highest BCUT2D eigenvalue weighted by molar-refractivity contribution is 5.98. The molecule has 1 amide bonds. The minimum atomic E-state index is -4.42. The summed E-state index contributed by atoms with van der Waals surface area (Å²) in [6.07, 6.45) is 0.306. The van der Waals surface area contributed by atoms with Gasteiger partial charge in [-0.3, -0.25) is 9.48 Å². The molecule has 10 heteroatoms. The van der Waals surface area contributed by atoms with Gasteiger partial charge >= 0.3 is 6.18 Å². The molecular formula is C17H16F3N5O2. The van der Waals surface area contributed by atoms with Crippen molar-refractivity contribution < 1.29 is 22.7 Å². The van der Waals surface area contributed by atoms with Crippen LogP contribution >= 0.6 is 0 Å². The van der Waals surface area contributed by atoms with Gasteiger partial charge < -0.3 is 10.1 Å². The maximum Gasteiger partial charge on any atom is 0.422 e. The Hall–Kier alpha value is -3.17. The van der Waals surface area contributed by atoms with Crippen molar-refractivity contribution in [2.75, 3.05) is 11.9 Å². The SMILES string of the molecule is CC(=O)Nc1nccc2nn(Cc3cnc(OCC(F)(F)F)c(C)c3)cc12. The number of hydrogen-bond donors (Lipinski definition) is 1. The number of nitrogens with one attached hydrogen (secondary N) is 1. The minimum Gasteiger partial charge on any atom is -0.468 e. The lowest BCUT2D eigenvalue weighted by molar-refractivity contribution is -0.154. The number of aromatic nitrogens is 4. The number of alkyl halides is 3. The van der Waals surface area contributed by atoms with E-state index in [9.17, 15) is 18.0 Å². The van der Waals surface area contributed by atoms with Gasteiger partial charge in [-0.1, -0.05) is 0 Å². The van der Waals surface area contributed by atoms with Crippen molar-refractivity contribution >= 4 is 22.6 Å². The molecule has 3 rings (SSSR count). The predicted molar refractivity (Wildman–Crippen MR) is 91.5 cm³/mol. The molecule has 3 heterocycles. The number of hydrogen-bond acceptors (Lipinski definition) is 5. The maximum absolute atomic E-state index is 12.3. The van der Waals surface area contributed by atoms with Crippen molar-refractivity contribution in [3.8, 4) is 5.88 Å². The van der Waals surface area contributed by atoms with Crippen LogP contribution in [0.2, 0.25) is 0 Å². The smallest absolute Gasteiger partial charge is 0.422 e. The molecule has 0 aliphatic heterocycles. The van der Waals surface area contributed by atoms with Gasteiger partial charge in [-0.05, 0) is 24.6 Å². The summed E-state index contributed by atoms with van der Waals surface area (Å²) in [5, 5.41) is 7.74. The largest absolute Gasteiger partial charge is 0.468 e. The lowest BCUT2D eigenvalue weighted by Crippen LogP contribution is -2.20. The number of aryl methyl sites for hydroxylation is 1. The second-order valence-corrected chi connectivity index (χ2v) is 5.97. The quantitative estimate of drug-likeness (QED) is 0.737. The van der Waals surface area contributed by atoms with Crippen LogP contribution in [0.1, 0.15) is 18.1 Å². The van der Waals surface area contributed by atoms with E-state index in [2.05, 4.69) is 20.4 Å². The molecule has 142 valence electrons. The molecule has 3 aromatic heterocycles. The summed E-state index contributed by atoms with van der Waals surface area (Å²) in [4.78, 5) is 19.4. The lowest BCUT2D eigenvalue weighted by atomic mass is 10.2. The molecule has 0 radical (unpaired) electrons. The molecular weight excluding hydrogens is 363 g/mol. The Bertz CT molecular complexity index is 984. The van der Waals surface area contributed by atoms with E-state index in [1.165, 1.54) is 13.1 Å². The van der Waals surface area contributed by atoms with Crippen LogP contribution in [0, 0.1) is 6.92 Å². The van der Waals surface area contributed by atoms with Crippen LogP contribution in [0.5, 0.6) is 5.88 Å². The van der Waals surface area contributed by atoms with Crippen LogP contribution in [-0.4, -0.2) is 38.4 Å². The van der Waals surface area contributed by atoms with E-state index in [4.69, 9.17) is 4.74 Å². The van der Waals surface area contributed by atoms with Crippen molar-refractivity contribution in [1.29, 1.82) is 0 Å². The van der Waals surface area contributed by atoms with E-state index in [1.807, 2.05) is 0 Å². The van der Waals surface area contributed by atoms with E-state index >= 15 is 0 Å². The average Bonchev–Trinajstić information content (AvgIpc) is 2.96. The molecule has 0 aliphatic rings. The van der Waals surface area contributed by atoms with Gasteiger partial charge in [-0.15, -0.1) is 0 Å². The van der Waals surface area contributed by atoms with Gasteiger partial charge in [0.2, 0.25) is 11.8 Å². The second-order valence-electron chi connectivity index (χ2n) is 5.97. The summed E-state index contributed by atoms with van der Waals surface area (Å²) in [6.45, 7) is 1.98. The van der Waals surface area contributed by atoms with E-state index in [-0.39, 0.29) is 11.8 Å². The van der Waals surface area contributed by atoms with Crippen molar-refractivity contribution in [2.24, 2.45) is 0 Å². The van der Waals surface area contributed by atoms with Gasteiger partial charge in [-0.2, -0.15) is 18.3 Å². The molecule has 1 N–H and O–H groups in total. The van der Waals surface area contributed by atoms with Crippen LogP contribution in [0.15, 0.2) is 30.7 Å². The van der Waals surface area contributed by atoms with E-state index < -0.39 is 12.8 Å². The third-order valence-corrected chi connectivity index (χ3v) is 3.58. The minimum absolute atomic E-state index is 0.0566. The fourth-order valence-corrected chi connectivity index (χ4v) is 2.54. The monoisotopic (exact) mass is 379 g/mol. The lowest BCUT2D eigenvalue weighted by Gasteiger charge is -2.11. The number of nitrogens with zero attached hydrogens (tertiary/aromatic N) is 4. The number of rotatable bonds is 5. The van der Waals surface area contributed by atoms with Gasteiger partial charge in [0.1, 0.15) is 5.82 Å². The highest BCUT2D eigenvalue weighted by Crippen LogP contribution is 2.22. The topological polar surface area (TPSA) is 81.9 Å². The molecule has 0 saturated carbocycles. The van der Waals surface area contributed by atoms with Crippen LogP contribution in [-0.2, 0) is 11.3 Å². The van der Waals surface area contributed by atoms with Crippen molar-refractivity contribution in [3.63, 3.8) is 0 Å². The third-order valence-electron chi connectivity index (χ3n) is 3.58. The van der Waals surface area contributed by atoms with Gasteiger partial charge in [-0.25, -0.2) is 9.97 Å². The fourth-order valence-electron chi connectivity index (χ4n) is 2.54. The summed E-state index contributed by atoms with van der Waals surface area (Å²) >= 11 is 0. The second kappa shape index (κ2) is 7.22. The van der Waals surface area contributed by atoms with Gasteiger partial charge in [0.15, 0.2) is 6.61 Å².